The Hall–Kier alpha value is -3.81. The fraction of sp³-hybridized carbons (Fsp3) is 0.515. The van der Waals surface area contributed by atoms with E-state index in [0.29, 0.717) is 31.4 Å². The number of nitrogens with zero attached hydrogens (tertiary/aromatic N) is 1. The predicted molar refractivity (Wildman–Crippen MR) is 190 cm³/mol. The molecule has 3 aliphatic rings. The SMILES string of the molecule is COC(=O)[C@H](CCCc1ccc(NC(=O)C[C@H]2Nc3cc(Cl)c(S(N)(=O)=O)cc3S(=O)(=O)N2)cc1)NC(C)C(=O)N1[C@@H]2CCCC[C@@H]2C[C@H]1C(=O)O. The molecule has 1 unspecified atom stereocenters. The van der Waals surface area contributed by atoms with Gasteiger partial charge in [0, 0.05) is 11.7 Å². The average Bonchev–Trinajstić information content (AvgIpc) is 3.46. The summed E-state index contributed by atoms with van der Waals surface area (Å²) in [6, 6.07) is 6.35. The van der Waals surface area contributed by atoms with Gasteiger partial charge < -0.3 is 25.4 Å². The second-order valence-corrected chi connectivity index (χ2v) is 17.0. The zero-order valence-corrected chi connectivity index (χ0v) is 31.0. The number of methoxy groups -OCH3 is 1. The Bertz CT molecular complexity index is 1930. The van der Waals surface area contributed by atoms with Crippen molar-refractivity contribution < 1.29 is 45.9 Å². The molecule has 2 amide bonds. The Balaban J connectivity index is 1.13. The number of hydrogen-bond acceptors (Lipinski definition) is 11. The molecule has 0 spiro atoms. The summed E-state index contributed by atoms with van der Waals surface area (Å²) in [5.74, 6) is -2.22. The van der Waals surface area contributed by atoms with Crippen LogP contribution in [0.5, 0.6) is 0 Å². The standard InChI is InChI=1S/C33H43ClN6O10S2/c1-18(31(42)40-25-9-4-3-7-20(25)14-26(40)32(43)44)36-23(33(45)50-2)8-5-6-19-10-12-21(13-11-19)37-30(41)17-29-38-24-15-22(34)27(51(35,46)47)16-28(24)52(48,49)39-29/h10-13,15-16,18,20,23,25-26,29,36,38-39H,3-9,14,17H2,1-2H3,(H,37,41)(H,43,44)(H2,35,46,47)/t18?,20-,23+,25-,26+,29+/m1/s1. The molecule has 0 aromatic heterocycles. The third kappa shape index (κ3) is 9.03. The lowest BCUT2D eigenvalue weighted by atomic mass is 9.84. The Morgan fingerprint density at radius 1 is 1.13 bits per heavy atom. The molecule has 2 aromatic carbocycles. The number of carbonyl (C=O) groups is 4. The number of rotatable bonds is 13. The quantitative estimate of drug-likeness (QED) is 0.160. The fourth-order valence-electron chi connectivity index (χ4n) is 7.32. The summed E-state index contributed by atoms with van der Waals surface area (Å²) in [4.78, 5) is 51.7. The van der Waals surface area contributed by atoms with E-state index >= 15 is 0 Å². The number of carboxylic acids is 1. The van der Waals surface area contributed by atoms with E-state index in [2.05, 4.69) is 20.7 Å². The number of nitrogens with two attached hydrogens (primary N) is 1. The highest BCUT2D eigenvalue weighted by Crippen LogP contribution is 2.40. The van der Waals surface area contributed by atoms with Crippen molar-refractivity contribution in [2.24, 2.45) is 11.1 Å². The van der Waals surface area contributed by atoms with Crippen molar-refractivity contribution in [3.63, 3.8) is 0 Å². The molecular weight excluding hydrogens is 740 g/mol. The number of carboxylic acid groups (broad SMARTS) is 1. The molecule has 0 bridgehead atoms. The summed E-state index contributed by atoms with van der Waals surface area (Å²) >= 11 is 6.02. The topological polar surface area (TPSA) is 243 Å². The van der Waals surface area contributed by atoms with Crippen molar-refractivity contribution in [1.29, 1.82) is 0 Å². The maximum absolute atomic E-state index is 13.6. The number of halogens is 1. The maximum atomic E-state index is 13.6. The van der Waals surface area contributed by atoms with Crippen LogP contribution in [0.1, 0.15) is 63.9 Å². The van der Waals surface area contributed by atoms with Gasteiger partial charge in [-0.3, -0.25) is 19.7 Å². The third-order valence-electron chi connectivity index (χ3n) is 9.78. The van der Waals surface area contributed by atoms with Crippen LogP contribution in [0, 0.1) is 5.92 Å². The number of likely N-dealkylation sites (tertiary alicyclic amines) is 1. The summed E-state index contributed by atoms with van der Waals surface area (Å²) in [6.07, 6.45) is 4.18. The molecule has 16 nitrogen and oxygen atoms in total. The van der Waals surface area contributed by atoms with Gasteiger partial charge in [0.25, 0.3) is 0 Å². The zero-order valence-electron chi connectivity index (χ0n) is 28.6. The van der Waals surface area contributed by atoms with Crippen LogP contribution < -0.4 is 25.8 Å². The second-order valence-electron chi connectivity index (χ2n) is 13.4. The highest BCUT2D eigenvalue weighted by Gasteiger charge is 2.48. The van der Waals surface area contributed by atoms with Crippen molar-refractivity contribution in [2.75, 3.05) is 17.7 Å². The number of benzene rings is 2. The number of esters is 1. The largest absolute Gasteiger partial charge is 0.480 e. The molecule has 0 radical (unpaired) electrons. The molecular formula is C33H43ClN6O10S2. The first-order valence-corrected chi connectivity index (χ1v) is 20.3. The summed E-state index contributed by atoms with van der Waals surface area (Å²) in [5, 5.41) is 23.3. The molecule has 2 heterocycles. The first-order chi connectivity index (χ1) is 24.5. The lowest BCUT2D eigenvalue weighted by Gasteiger charge is -2.35. The van der Waals surface area contributed by atoms with Gasteiger partial charge in [0.2, 0.25) is 31.9 Å². The number of sulfonamides is 2. The predicted octanol–water partition coefficient (Wildman–Crippen LogP) is 2.13. The van der Waals surface area contributed by atoms with Crippen LogP contribution in [0.25, 0.3) is 0 Å². The van der Waals surface area contributed by atoms with Crippen molar-refractivity contribution in [1.82, 2.24) is 14.9 Å². The Kier molecular flexibility index (Phi) is 12.2. The summed E-state index contributed by atoms with van der Waals surface area (Å²) < 4.78 is 56.5. The average molecular weight is 783 g/mol. The molecule has 5 rings (SSSR count). The summed E-state index contributed by atoms with van der Waals surface area (Å²) in [7, 11) is -7.22. The van der Waals surface area contributed by atoms with Gasteiger partial charge in [0.05, 0.1) is 36.4 Å². The van der Waals surface area contributed by atoms with Crippen LogP contribution in [-0.4, -0.2) is 88.0 Å². The van der Waals surface area contributed by atoms with Gasteiger partial charge in [-0.1, -0.05) is 36.6 Å². The van der Waals surface area contributed by atoms with Crippen molar-refractivity contribution >= 4 is 66.8 Å². The normalized spacial score (nSPS) is 23.3. The van der Waals surface area contributed by atoms with Gasteiger partial charge in [-0.2, -0.15) is 4.72 Å². The molecule has 2 aromatic rings. The van der Waals surface area contributed by atoms with E-state index in [1.165, 1.54) is 12.0 Å². The number of amides is 2. The number of aliphatic carboxylic acids is 1. The number of carbonyl (C=O) groups excluding carboxylic acids is 3. The number of anilines is 2. The van der Waals surface area contributed by atoms with Crippen LogP contribution in [0.2, 0.25) is 5.02 Å². The van der Waals surface area contributed by atoms with E-state index in [1.54, 1.807) is 31.2 Å². The van der Waals surface area contributed by atoms with Crippen LogP contribution in [0.3, 0.4) is 0 Å². The molecule has 1 saturated heterocycles. The van der Waals surface area contributed by atoms with E-state index in [1.807, 2.05) is 0 Å². The van der Waals surface area contributed by atoms with Gasteiger partial charge in [0.1, 0.15) is 21.9 Å². The lowest BCUT2D eigenvalue weighted by molar-refractivity contribution is -0.151. The molecule has 19 heteroatoms. The zero-order chi connectivity index (χ0) is 38.0. The Labute approximate surface area is 307 Å². The van der Waals surface area contributed by atoms with Crippen molar-refractivity contribution in [3.05, 3.63) is 47.0 Å². The van der Waals surface area contributed by atoms with E-state index in [9.17, 15) is 41.1 Å². The molecule has 1 aliphatic carbocycles. The second kappa shape index (κ2) is 16.1. The number of fused-ring (bicyclic) bond motifs is 2. The van der Waals surface area contributed by atoms with Crippen LogP contribution in [0.4, 0.5) is 11.4 Å². The van der Waals surface area contributed by atoms with Crippen molar-refractivity contribution in [2.45, 2.75) is 105 Å². The summed E-state index contributed by atoms with van der Waals surface area (Å²) in [5.41, 5.74) is 1.38. The van der Waals surface area contributed by atoms with Crippen LogP contribution in [-0.2, 0) is 50.4 Å². The van der Waals surface area contributed by atoms with Gasteiger partial charge in [0.15, 0.2) is 0 Å². The van der Waals surface area contributed by atoms with Gasteiger partial charge >= 0.3 is 11.9 Å². The van der Waals surface area contributed by atoms with Crippen molar-refractivity contribution in [3.8, 4) is 0 Å². The number of primary sulfonamides is 1. The molecule has 52 heavy (non-hydrogen) atoms. The summed E-state index contributed by atoms with van der Waals surface area (Å²) in [6.45, 7) is 1.64. The molecule has 2 fully saturated rings. The van der Waals surface area contributed by atoms with E-state index in [4.69, 9.17) is 21.5 Å². The maximum Gasteiger partial charge on any atom is 0.326 e. The third-order valence-corrected chi connectivity index (χ3v) is 12.7. The number of nitrogens with one attached hydrogen (secondary N) is 4. The van der Waals surface area contributed by atoms with E-state index in [0.717, 1.165) is 43.4 Å². The van der Waals surface area contributed by atoms with E-state index in [-0.39, 0.29) is 39.9 Å². The number of aryl methyl sites for hydroxylation is 1. The van der Waals surface area contributed by atoms with Gasteiger partial charge in [-0.25, -0.2) is 26.8 Å². The minimum absolute atomic E-state index is 0.0139. The Morgan fingerprint density at radius 3 is 2.48 bits per heavy atom. The molecule has 7 N–H and O–H groups in total. The number of hydrogen-bond donors (Lipinski definition) is 6. The van der Waals surface area contributed by atoms with E-state index < -0.39 is 67.1 Å². The van der Waals surface area contributed by atoms with Crippen LogP contribution in [0.15, 0.2) is 46.2 Å². The molecule has 6 atom stereocenters. The lowest BCUT2D eigenvalue weighted by Crippen LogP contribution is -2.55. The molecule has 284 valence electrons. The Morgan fingerprint density at radius 2 is 1.83 bits per heavy atom. The highest BCUT2D eigenvalue weighted by atomic mass is 35.5. The van der Waals surface area contributed by atoms with Gasteiger partial charge in [-0.05, 0) is 81.2 Å². The first kappa shape index (κ1) is 39.4. The monoisotopic (exact) mass is 782 g/mol. The first-order valence-electron chi connectivity index (χ1n) is 16.9. The molecule has 1 saturated carbocycles. The van der Waals surface area contributed by atoms with Gasteiger partial charge in [-0.15, -0.1) is 0 Å². The van der Waals surface area contributed by atoms with Crippen LogP contribution >= 0.6 is 11.6 Å². The fourth-order valence-corrected chi connectivity index (χ4v) is 9.81. The smallest absolute Gasteiger partial charge is 0.326 e. The number of ether oxygens (including phenoxy) is 1. The molecule has 2 aliphatic heterocycles. The minimum Gasteiger partial charge on any atom is -0.480 e. The highest BCUT2D eigenvalue weighted by molar-refractivity contribution is 7.90. The minimum atomic E-state index is -4.28.